The third kappa shape index (κ3) is 5.07. The molecule has 1 aromatic carbocycles. The minimum absolute atomic E-state index is 0.328. The highest BCUT2D eigenvalue weighted by Crippen LogP contribution is 2.13. The minimum atomic E-state index is -0.328. The summed E-state index contributed by atoms with van der Waals surface area (Å²) in [4.78, 5) is 2.23. The topological polar surface area (TPSA) is 35.5 Å². The molecule has 1 atom stereocenters. The number of nitrogens with one attached hydrogen (secondary N) is 1. The van der Waals surface area contributed by atoms with Gasteiger partial charge in [0, 0.05) is 18.8 Å². The summed E-state index contributed by atoms with van der Waals surface area (Å²) in [5, 5.41) is 13.3. The summed E-state index contributed by atoms with van der Waals surface area (Å²) < 4.78 is 0. The van der Waals surface area contributed by atoms with Crippen LogP contribution in [0.2, 0.25) is 0 Å². The van der Waals surface area contributed by atoms with Crippen molar-refractivity contribution in [2.45, 2.75) is 33.8 Å². The molecule has 0 saturated carbocycles. The maximum atomic E-state index is 9.98. The van der Waals surface area contributed by atoms with Crippen molar-refractivity contribution in [3.8, 4) is 0 Å². The number of hydrogen-bond acceptors (Lipinski definition) is 3. The number of benzene rings is 1. The normalized spacial score (nSPS) is 12.8. The van der Waals surface area contributed by atoms with Crippen LogP contribution in [0, 0.1) is 13.8 Å². The van der Waals surface area contributed by atoms with E-state index in [0.29, 0.717) is 6.54 Å². The van der Waals surface area contributed by atoms with Crippen LogP contribution in [0.3, 0.4) is 0 Å². The van der Waals surface area contributed by atoms with Gasteiger partial charge in [-0.1, -0.05) is 19.9 Å². The summed E-state index contributed by atoms with van der Waals surface area (Å²) in [5.41, 5.74) is 3.58. The number of aryl methyl sites for hydroxylation is 2. The number of nitrogens with zero attached hydrogens (tertiary/aromatic N) is 1. The van der Waals surface area contributed by atoms with Gasteiger partial charge in [-0.25, -0.2) is 0 Å². The predicted molar refractivity (Wildman–Crippen MR) is 78.2 cm³/mol. The van der Waals surface area contributed by atoms with E-state index in [2.05, 4.69) is 56.1 Å². The number of hydrogen-bond donors (Lipinski definition) is 2. The predicted octanol–water partition coefficient (Wildman–Crippen LogP) is 2.42. The van der Waals surface area contributed by atoms with E-state index in [9.17, 15) is 5.11 Å². The van der Waals surface area contributed by atoms with E-state index in [0.717, 1.165) is 25.3 Å². The van der Waals surface area contributed by atoms with Gasteiger partial charge in [0.15, 0.2) is 0 Å². The van der Waals surface area contributed by atoms with Gasteiger partial charge in [0.2, 0.25) is 0 Å². The third-order valence-corrected chi connectivity index (χ3v) is 3.13. The zero-order chi connectivity index (χ0) is 13.5. The van der Waals surface area contributed by atoms with Gasteiger partial charge in [-0.15, -0.1) is 0 Å². The Bertz CT molecular complexity index is 341. The lowest BCUT2D eigenvalue weighted by molar-refractivity contribution is 0.128. The van der Waals surface area contributed by atoms with E-state index in [4.69, 9.17) is 0 Å². The quantitative estimate of drug-likeness (QED) is 0.780. The van der Waals surface area contributed by atoms with Crippen LogP contribution in [0.25, 0.3) is 0 Å². The van der Waals surface area contributed by atoms with Gasteiger partial charge < -0.3 is 15.3 Å². The minimum Gasteiger partial charge on any atom is -0.390 e. The molecule has 1 rings (SSSR count). The molecule has 18 heavy (non-hydrogen) atoms. The summed E-state index contributed by atoms with van der Waals surface area (Å²) in [6.45, 7) is 11.7. The molecular weight excluding hydrogens is 224 g/mol. The standard InChI is InChI=1S/C15H26N2O/c1-5-17(6-2)11-15(18)10-16-14-8-12(3)7-13(4)9-14/h7-9,15-16,18H,5-6,10-11H2,1-4H3. The highest BCUT2D eigenvalue weighted by atomic mass is 16.3. The lowest BCUT2D eigenvalue weighted by atomic mass is 10.1. The molecule has 3 nitrogen and oxygen atoms in total. The number of likely N-dealkylation sites (N-methyl/N-ethyl adjacent to an activating group) is 1. The first-order chi connectivity index (χ1) is 8.55. The fraction of sp³-hybridized carbons (Fsp3) is 0.600. The fourth-order valence-electron chi connectivity index (χ4n) is 2.16. The molecule has 0 bridgehead atoms. The van der Waals surface area contributed by atoms with Crippen molar-refractivity contribution in [3.63, 3.8) is 0 Å². The van der Waals surface area contributed by atoms with Crippen molar-refractivity contribution in [2.24, 2.45) is 0 Å². The van der Waals surface area contributed by atoms with Crippen molar-refractivity contribution in [3.05, 3.63) is 29.3 Å². The smallest absolute Gasteiger partial charge is 0.0839 e. The average molecular weight is 250 g/mol. The molecule has 0 aliphatic heterocycles. The molecule has 0 radical (unpaired) electrons. The largest absolute Gasteiger partial charge is 0.390 e. The van der Waals surface area contributed by atoms with Crippen LogP contribution in [0.1, 0.15) is 25.0 Å². The summed E-state index contributed by atoms with van der Waals surface area (Å²) in [5.74, 6) is 0. The molecular formula is C15H26N2O. The molecule has 0 aliphatic carbocycles. The summed E-state index contributed by atoms with van der Waals surface area (Å²) in [7, 11) is 0. The van der Waals surface area contributed by atoms with Crippen LogP contribution in [0.15, 0.2) is 18.2 Å². The molecule has 0 fully saturated rings. The Kier molecular flexibility index (Phi) is 6.16. The van der Waals surface area contributed by atoms with Crippen LogP contribution in [-0.4, -0.2) is 42.3 Å². The monoisotopic (exact) mass is 250 g/mol. The van der Waals surface area contributed by atoms with Crippen LogP contribution < -0.4 is 5.32 Å². The molecule has 0 saturated heterocycles. The van der Waals surface area contributed by atoms with Crippen molar-refractivity contribution < 1.29 is 5.11 Å². The second-order valence-corrected chi connectivity index (χ2v) is 4.90. The Hall–Kier alpha value is -1.06. The number of rotatable bonds is 7. The SMILES string of the molecule is CCN(CC)CC(O)CNc1cc(C)cc(C)c1. The van der Waals surface area contributed by atoms with Crippen LogP contribution in [-0.2, 0) is 0 Å². The molecule has 0 heterocycles. The molecule has 0 aliphatic rings. The van der Waals surface area contributed by atoms with Gasteiger partial charge >= 0.3 is 0 Å². The Morgan fingerprint density at radius 2 is 1.67 bits per heavy atom. The first-order valence-corrected chi connectivity index (χ1v) is 6.77. The average Bonchev–Trinajstić information content (AvgIpc) is 2.32. The van der Waals surface area contributed by atoms with E-state index in [1.807, 2.05) is 0 Å². The van der Waals surface area contributed by atoms with Crippen LogP contribution in [0.5, 0.6) is 0 Å². The Labute approximate surface area is 111 Å². The summed E-state index contributed by atoms with van der Waals surface area (Å²) in [6, 6.07) is 6.37. The van der Waals surface area contributed by atoms with E-state index in [-0.39, 0.29) is 6.10 Å². The highest BCUT2D eigenvalue weighted by Gasteiger charge is 2.08. The number of anilines is 1. The summed E-state index contributed by atoms with van der Waals surface area (Å²) in [6.07, 6.45) is -0.328. The van der Waals surface area contributed by atoms with E-state index in [1.54, 1.807) is 0 Å². The summed E-state index contributed by atoms with van der Waals surface area (Å²) >= 11 is 0. The second-order valence-electron chi connectivity index (χ2n) is 4.90. The number of aliphatic hydroxyl groups excluding tert-OH is 1. The van der Waals surface area contributed by atoms with Gasteiger partial charge in [0.05, 0.1) is 6.10 Å². The molecule has 3 heteroatoms. The lowest BCUT2D eigenvalue weighted by Gasteiger charge is -2.22. The van der Waals surface area contributed by atoms with Crippen molar-refractivity contribution >= 4 is 5.69 Å². The third-order valence-electron chi connectivity index (χ3n) is 3.13. The first kappa shape index (κ1) is 15.0. The Balaban J connectivity index is 2.44. The molecule has 0 amide bonds. The molecule has 2 N–H and O–H groups in total. The molecule has 1 aromatic rings. The van der Waals surface area contributed by atoms with Gasteiger partial charge in [0.1, 0.15) is 0 Å². The zero-order valence-electron chi connectivity index (χ0n) is 12.0. The molecule has 102 valence electrons. The zero-order valence-corrected chi connectivity index (χ0v) is 12.0. The van der Waals surface area contributed by atoms with Crippen LogP contribution in [0.4, 0.5) is 5.69 Å². The maximum Gasteiger partial charge on any atom is 0.0839 e. The van der Waals surface area contributed by atoms with E-state index in [1.165, 1.54) is 11.1 Å². The maximum absolute atomic E-state index is 9.98. The van der Waals surface area contributed by atoms with Crippen molar-refractivity contribution in [2.75, 3.05) is 31.5 Å². The molecule has 0 spiro atoms. The Morgan fingerprint density at radius 1 is 1.11 bits per heavy atom. The molecule has 0 aromatic heterocycles. The van der Waals surface area contributed by atoms with Gasteiger partial charge in [0.25, 0.3) is 0 Å². The second kappa shape index (κ2) is 7.39. The lowest BCUT2D eigenvalue weighted by Crippen LogP contribution is -2.35. The van der Waals surface area contributed by atoms with Gasteiger partial charge in [-0.05, 0) is 50.2 Å². The van der Waals surface area contributed by atoms with Crippen molar-refractivity contribution in [1.29, 1.82) is 0 Å². The molecule has 1 unspecified atom stereocenters. The van der Waals surface area contributed by atoms with Crippen LogP contribution >= 0.6 is 0 Å². The van der Waals surface area contributed by atoms with Gasteiger partial charge in [-0.2, -0.15) is 0 Å². The highest BCUT2D eigenvalue weighted by molar-refractivity contribution is 5.48. The van der Waals surface area contributed by atoms with Gasteiger partial charge in [-0.3, -0.25) is 0 Å². The fourth-order valence-corrected chi connectivity index (χ4v) is 2.16. The Morgan fingerprint density at radius 3 is 2.17 bits per heavy atom. The number of aliphatic hydroxyl groups is 1. The first-order valence-electron chi connectivity index (χ1n) is 6.77. The van der Waals surface area contributed by atoms with Crippen molar-refractivity contribution in [1.82, 2.24) is 4.90 Å². The van der Waals surface area contributed by atoms with E-state index >= 15 is 0 Å². The van der Waals surface area contributed by atoms with E-state index < -0.39 is 0 Å².